The maximum Gasteiger partial charge on any atom is 0.188 e. The number of hydrogen-bond acceptors (Lipinski definition) is 3. The van der Waals surface area contributed by atoms with E-state index >= 15 is 0 Å². The highest BCUT2D eigenvalue weighted by atomic mass is 16.2. The molecule has 1 aliphatic rings. The third kappa shape index (κ3) is 1.41. The molecular formula is C15H11NO2. The third-order valence-corrected chi connectivity index (χ3v) is 3.24. The van der Waals surface area contributed by atoms with E-state index in [2.05, 4.69) is 0 Å². The molecule has 88 valence electrons. The van der Waals surface area contributed by atoms with Gasteiger partial charge in [0.2, 0.25) is 0 Å². The number of benzene rings is 2. The molecule has 18 heavy (non-hydrogen) atoms. The molecular weight excluding hydrogens is 226 g/mol. The van der Waals surface area contributed by atoms with Crippen molar-refractivity contribution in [1.82, 2.24) is 0 Å². The van der Waals surface area contributed by atoms with Gasteiger partial charge in [-0.1, -0.05) is 48.5 Å². The second-order valence-corrected chi connectivity index (χ2v) is 4.30. The van der Waals surface area contributed by atoms with E-state index in [1.807, 2.05) is 24.3 Å². The molecule has 0 unspecified atom stereocenters. The Balaban J connectivity index is 2.40. The maximum atomic E-state index is 12.2. The zero-order valence-electron chi connectivity index (χ0n) is 9.59. The van der Waals surface area contributed by atoms with E-state index in [0.717, 1.165) is 11.1 Å². The highest BCUT2D eigenvalue weighted by Gasteiger charge is 2.31. The van der Waals surface area contributed by atoms with Crippen LogP contribution < -0.4 is 5.73 Å². The summed E-state index contributed by atoms with van der Waals surface area (Å²) in [5.41, 5.74) is 8.34. The molecule has 0 aliphatic heterocycles. The molecule has 0 spiro atoms. The lowest BCUT2D eigenvalue weighted by molar-refractivity contribution is 0.0866. The van der Waals surface area contributed by atoms with Crippen molar-refractivity contribution in [2.45, 2.75) is 6.04 Å². The lowest BCUT2D eigenvalue weighted by Gasteiger charge is -2.06. The van der Waals surface area contributed by atoms with Gasteiger partial charge in [-0.3, -0.25) is 9.59 Å². The molecule has 0 atom stereocenters. The van der Waals surface area contributed by atoms with Crippen LogP contribution in [0.3, 0.4) is 0 Å². The molecule has 0 radical (unpaired) electrons. The summed E-state index contributed by atoms with van der Waals surface area (Å²) in [6, 6.07) is 13.3. The monoisotopic (exact) mass is 237 g/mol. The normalized spacial score (nSPS) is 14.9. The Labute approximate surface area is 104 Å². The lowest BCUT2D eigenvalue weighted by atomic mass is 9.96. The first kappa shape index (κ1) is 10.9. The van der Waals surface area contributed by atoms with Crippen molar-refractivity contribution in [3.8, 4) is 11.1 Å². The quantitative estimate of drug-likeness (QED) is 0.713. The number of carbonyl (C=O) groups excluding carboxylic acids is 2. The Kier molecular flexibility index (Phi) is 2.35. The highest BCUT2D eigenvalue weighted by molar-refractivity contribution is 6.25. The minimum Gasteiger partial charge on any atom is -0.315 e. The van der Waals surface area contributed by atoms with Crippen molar-refractivity contribution in [3.63, 3.8) is 0 Å². The van der Waals surface area contributed by atoms with E-state index in [4.69, 9.17) is 5.73 Å². The van der Waals surface area contributed by atoms with Crippen molar-refractivity contribution < 1.29 is 9.59 Å². The zero-order valence-corrected chi connectivity index (χ0v) is 9.59. The molecule has 0 saturated carbocycles. The molecule has 2 aromatic carbocycles. The summed E-state index contributed by atoms with van der Waals surface area (Å²) in [7, 11) is 0. The Hall–Kier alpha value is -2.26. The molecule has 2 N–H and O–H groups in total. The summed E-state index contributed by atoms with van der Waals surface area (Å²) >= 11 is 0. The fourth-order valence-electron chi connectivity index (χ4n) is 2.32. The van der Waals surface area contributed by atoms with Gasteiger partial charge in [-0.2, -0.15) is 0 Å². The van der Waals surface area contributed by atoms with Crippen LogP contribution in [0, 0.1) is 0 Å². The van der Waals surface area contributed by atoms with Gasteiger partial charge in [0.05, 0.1) is 0 Å². The number of Topliss-reactive ketones (excluding diaryl/α,β-unsaturated/α-hetero) is 2. The highest BCUT2D eigenvalue weighted by Crippen LogP contribution is 2.31. The average molecular weight is 237 g/mol. The summed E-state index contributed by atoms with van der Waals surface area (Å²) in [5.74, 6) is -0.626. The Bertz CT molecular complexity index is 604. The number of hydrogen-bond donors (Lipinski definition) is 1. The van der Waals surface area contributed by atoms with Gasteiger partial charge in [0, 0.05) is 11.1 Å². The first-order valence-corrected chi connectivity index (χ1v) is 5.72. The summed E-state index contributed by atoms with van der Waals surface area (Å²) in [6.07, 6.45) is 0. The number of nitrogens with two attached hydrogens (primary N) is 1. The van der Waals surface area contributed by atoms with E-state index in [1.54, 1.807) is 24.3 Å². The number of fused-ring (bicyclic) bond motifs is 3. The van der Waals surface area contributed by atoms with Crippen LogP contribution >= 0.6 is 0 Å². The van der Waals surface area contributed by atoms with Crippen LogP contribution in [0.15, 0.2) is 48.5 Å². The van der Waals surface area contributed by atoms with Crippen LogP contribution in [0.2, 0.25) is 0 Å². The molecule has 0 amide bonds. The van der Waals surface area contributed by atoms with Gasteiger partial charge < -0.3 is 5.73 Å². The molecule has 3 heteroatoms. The number of ketones is 2. The first-order chi connectivity index (χ1) is 8.70. The molecule has 3 nitrogen and oxygen atoms in total. The van der Waals surface area contributed by atoms with Crippen molar-refractivity contribution in [2.75, 3.05) is 0 Å². The Morgan fingerprint density at radius 2 is 1.00 bits per heavy atom. The maximum absolute atomic E-state index is 12.2. The van der Waals surface area contributed by atoms with Crippen molar-refractivity contribution in [3.05, 3.63) is 59.7 Å². The molecule has 0 saturated heterocycles. The van der Waals surface area contributed by atoms with Crippen molar-refractivity contribution in [1.29, 1.82) is 0 Å². The average Bonchev–Trinajstić information content (AvgIpc) is 2.51. The van der Waals surface area contributed by atoms with Crippen LogP contribution in [-0.4, -0.2) is 17.6 Å². The summed E-state index contributed by atoms with van der Waals surface area (Å²) in [6.45, 7) is 0. The van der Waals surface area contributed by atoms with Gasteiger partial charge >= 0.3 is 0 Å². The van der Waals surface area contributed by atoms with Crippen LogP contribution in [0.1, 0.15) is 20.7 Å². The molecule has 3 rings (SSSR count). The molecule has 0 heterocycles. The van der Waals surface area contributed by atoms with Crippen LogP contribution in [0.4, 0.5) is 0 Å². The standard InChI is InChI=1S/C15H11NO2/c16-13-14(17)11-7-3-1-5-9(11)10-6-2-4-8-12(10)15(13)18/h1-8,13H,16H2. The lowest BCUT2D eigenvalue weighted by Crippen LogP contribution is -2.37. The predicted octanol–water partition coefficient (Wildman–Crippen LogP) is 2.06. The Morgan fingerprint density at radius 1 is 0.667 bits per heavy atom. The van der Waals surface area contributed by atoms with Crippen molar-refractivity contribution in [2.24, 2.45) is 5.73 Å². The fourth-order valence-corrected chi connectivity index (χ4v) is 2.32. The van der Waals surface area contributed by atoms with Gasteiger partial charge in [0.15, 0.2) is 11.6 Å². The SMILES string of the molecule is NC1C(=O)c2ccccc2-c2ccccc2C1=O. The predicted molar refractivity (Wildman–Crippen MR) is 68.5 cm³/mol. The summed E-state index contributed by atoms with van der Waals surface area (Å²) in [4.78, 5) is 24.3. The Morgan fingerprint density at radius 3 is 1.39 bits per heavy atom. The molecule has 0 aromatic heterocycles. The zero-order chi connectivity index (χ0) is 12.7. The first-order valence-electron chi connectivity index (χ1n) is 5.72. The van der Waals surface area contributed by atoms with E-state index in [9.17, 15) is 9.59 Å². The smallest absolute Gasteiger partial charge is 0.188 e. The van der Waals surface area contributed by atoms with Gasteiger partial charge in [-0.15, -0.1) is 0 Å². The second kappa shape index (κ2) is 3.89. The largest absolute Gasteiger partial charge is 0.315 e. The van der Waals surface area contributed by atoms with E-state index < -0.39 is 6.04 Å². The minimum atomic E-state index is -1.10. The molecule has 2 aromatic rings. The van der Waals surface area contributed by atoms with Gasteiger partial charge in [-0.05, 0) is 11.1 Å². The van der Waals surface area contributed by atoms with Crippen LogP contribution in [0.5, 0.6) is 0 Å². The second-order valence-electron chi connectivity index (χ2n) is 4.30. The molecule has 0 fully saturated rings. The topological polar surface area (TPSA) is 60.2 Å². The van der Waals surface area contributed by atoms with Gasteiger partial charge in [0.1, 0.15) is 6.04 Å². The van der Waals surface area contributed by atoms with Crippen LogP contribution in [-0.2, 0) is 0 Å². The number of carbonyl (C=O) groups is 2. The minimum absolute atomic E-state index is 0.313. The number of rotatable bonds is 0. The van der Waals surface area contributed by atoms with Gasteiger partial charge in [-0.25, -0.2) is 0 Å². The third-order valence-electron chi connectivity index (χ3n) is 3.24. The summed E-state index contributed by atoms with van der Waals surface area (Å²) in [5, 5.41) is 0. The van der Waals surface area contributed by atoms with E-state index in [0.29, 0.717) is 11.1 Å². The molecule has 0 bridgehead atoms. The van der Waals surface area contributed by atoms with Crippen molar-refractivity contribution >= 4 is 11.6 Å². The van der Waals surface area contributed by atoms with E-state index in [-0.39, 0.29) is 11.6 Å². The fraction of sp³-hybridized carbons (Fsp3) is 0.0667. The van der Waals surface area contributed by atoms with E-state index in [1.165, 1.54) is 0 Å². The van der Waals surface area contributed by atoms with Crippen LogP contribution in [0.25, 0.3) is 11.1 Å². The molecule has 1 aliphatic carbocycles. The van der Waals surface area contributed by atoms with Gasteiger partial charge in [0.25, 0.3) is 0 Å². The summed E-state index contributed by atoms with van der Waals surface area (Å²) < 4.78 is 0.